The lowest BCUT2D eigenvalue weighted by Gasteiger charge is -2.33. The van der Waals surface area contributed by atoms with Crippen molar-refractivity contribution >= 4 is 5.91 Å². The molecule has 0 spiro atoms. The molecule has 1 aromatic heterocycles. The molecule has 2 atom stereocenters. The van der Waals surface area contributed by atoms with Gasteiger partial charge in [-0.1, -0.05) is 18.6 Å². The van der Waals surface area contributed by atoms with Crippen LogP contribution in [-0.4, -0.2) is 33.9 Å². The van der Waals surface area contributed by atoms with Gasteiger partial charge in [-0.25, -0.2) is 4.39 Å². The summed E-state index contributed by atoms with van der Waals surface area (Å²) in [5, 5.41) is 19.7. The largest absolute Gasteiger partial charge is 0.392 e. The SMILES string of the molecule is O=C(NC[C@]1(Cc2ccc(F)cc2)CCC[C@H]1O)c1cn[nH]c1. The molecular formula is C17H20FN3O2. The van der Waals surface area contributed by atoms with Crippen molar-refractivity contribution in [2.75, 3.05) is 6.54 Å². The second-order valence-corrected chi connectivity index (χ2v) is 6.24. The maximum atomic E-state index is 13.1. The number of aromatic nitrogens is 2. The fourth-order valence-corrected chi connectivity index (χ4v) is 3.34. The van der Waals surface area contributed by atoms with E-state index < -0.39 is 11.5 Å². The van der Waals surface area contributed by atoms with Crippen molar-refractivity contribution < 1.29 is 14.3 Å². The van der Waals surface area contributed by atoms with E-state index in [0.29, 0.717) is 18.5 Å². The first-order valence-electron chi connectivity index (χ1n) is 7.79. The molecule has 23 heavy (non-hydrogen) atoms. The van der Waals surface area contributed by atoms with E-state index in [4.69, 9.17) is 0 Å². The molecule has 1 fully saturated rings. The first-order valence-corrected chi connectivity index (χ1v) is 7.79. The summed E-state index contributed by atoms with van der Waals surface area (Å²) in [4.78, 5) is 12.1. The average Bonchev–Trinajstić information content (AvgIpc) is 3.19. The Balaban J connectivity index is 1.72. The number of benzene rings is 1. The number of hydrogen-bond acceptors (Lipinski definition) is 3. The van der Waals surface area contributed by atoms with Crippen molar-refractivity contribution in [2.24, 2.45) is 5.41 Å². The molecule has 1 aliphatic rings. The molecule has 0 bridgehead atoms. The number of amides is 1. The summed E-state index contributed by atoms with van der Waals surface area (Å²) >= 11 is 0. The fourth-order valence-electron chi connectivity index (χ4n) is 3.34. The second-order valence-electron chi connectivity index (χ2n) is 6.24. The minimum Gasteiger partial charge on any atom is -0.392 e. The number of rotatable bonds is 5. The van der Waals surface area contributed by atoms with Crippen LogP contribution in [0.3, 0.4) is 0 Å². The van der Waals surface area contributed by atoms with Gasteiger partial charge in [0, 0.05) is 18.2 Å². The second kappa shape index (κ2) is 6.50. The van der Waals surface area contributed by atoms with Gasteiger partial charge in [0.25, 0.3) is 5.91 Å². The summed E-state index contributed by atoms with van der Waals surface area (Å²) in [5.74, 6) is -0.487. The van der Waals surface area contributed by atoms with Gasteiger partial charge in [-0.05, 0) is 37.0 Å². The van der Waals surface area contributed by atoms with Crippen LogP contribution >= 0.6 is 0 Å². The Labute approximate surface area is 133 Å². The van der Waals surface area contributed by atoms with Gasteiger partial charge < -0.3 is 10.4 Å². The van der Waals surface area contributed by atoms with Crippen LogP contribution in [0.1, 0.15) is 35.2 Å². The Morgan fingerprint density at radius 3 is 2.83 bits per heavy atom. The number of carbonyl (C=O) groups excluding carboxylic acids is 1. The van der Waals surface area contributed by atoms with Gasteiger partial charge in [-0.3, -0.25) is 9.89 Å². The van der Waals surface area contributed by atoms with Crippen LogP contribution in [0, 0.1) is 11.2 Å². The quantitative estimate of drug-likeness (QED) is 0.790. The molecule has 1 saturated carbocycles. The Hall–Kier alpha value is -2.21. The number of H-pyrrole nitrogens is 1. The Morgan fingerprint density at radius 2 is 2.22 bits per heavy atom. The molecule has 1 heterocycles. The Morgan fingerprint density at radius 1 is 1.43 bits per heavy atom. The zero-order chi connectivity index (χ0) is 16.3. The molecule has 122 valence electrons. The van der Waals surface area contributed by atoms with Crippen molar-refractivity contribution in [2.45, 2.75) is 31.8 Å². The first kappa shape index (κ1) is 15.7. The summed E-state index contributed by atoms with van der Waals surface area (Å²) in [6.07, 6.45) is 5.61. The topological polar surface area (TPSA) is 78.0 Å². The molecule has 3 rings (SSSR count). The molecule has 1 aromatic carbocycles. The van der Waals surface area contributed by atoms with Crippen LogP contribution in [0.2, 0.25) is 0 Å². The van der Waals surface area contributed by atoms with Crippen LogP contribution in [-0.2, 0) is 6.42 Å². The zero-order valence-electron chi connectivity index (χ0n) is 12.8. The molecule has 6 heteroatoms. The molecule has 1 amide bonds. The normalized spacial score (nSPS) is 23.8. The number of carbonyl (C=O) groups is 1. The van der Waals surface area contributed by atoms with E-state index in [1.54, 1.807) is 12.1 Å². The monoisotopic (exact) mass is 317 g/mol. The number of aliphatic hydroxyl groups excluding tert-OH is 1. The minimum absolute atomic E-state index is 0.212. The maximum absolute atomic E-state index is 13.1. The van der Waals surface area contributed by atoms with E-state index in [1.165, 1.54) is 24.5 Å². The first-order chi connectivity index (χ1) is 11.1. The van der Waals surface area contributed by atoms with Crippen LogP contribution in [0.15, 0.2) is 36.7 Å². The van der Waals surface area contributed by atoms with Gasteiger partial charge in [0.15, 0.2) is 0 Å². The van der Waals surface area contributed by atoms with E-state index in [1.807, 2.05) is 0 Å². The highest BCUT2D eigenvalue weighted by molar-refractivity contribution is 5.93. The number of aliphatic hydroxyl groups is 1. The van der Waals surface area contributed by atoms with E-state index in [-0.39, 0.29) is 11.7 Å². The lowest BCUT2D eigenvalue weighted by atomic mass is 9.78. The number of nitrogens with zero attached hydrogens (tertiary/aromatic N) is 1. The lowest BCUT2D eigenvalue weighted by molar-refractivity contribution is 0.0500. The summed E-state index contributed by atoms with van der Waals surface area (Å²) in [6.45, 7) is 0.384. The maximum Gasteiger partial charge on any atom is 0.254 e. The highest BCUT2D eigenvalue weighted by Crippen LogP contribution is 2.40. The van der Waals surface area contributed by atoms with Crippen molar-refractivity contribution in [1.82, 2.24) is 15.5 Å². The summed E-state index contributed by atoms with van der Waals surface area (Å²) < 4.78 is 13.1. The minimum atomic E-state index is -0.475. The number of hydrogen-bond donors (Lipinski definition) is 3. The highest BCUT2D eigenvalue weighted by Gasteiger charge is 2.42. The zero-order valence-corrected chi connectivity index (χ0v) is 12.8. The van der Waals surface area contributed by atoms with Crippen LogP contribution in [0.25, 0.3) is 0 Å². The molecule has 3 N–H and O–H groups in total. The predicted molar refractivity (Wildman–Crippen MR) is 83.3 cm³/mol. The number of halogens is 1. The van der Waals surface area contributed by atoms with Gasteiger partial charge >= 0.3 is 0 Å². The van der Waals surface area contributed by atoms with Gasteiger partial charge in [0.05, 0.1) is 17.9 Å². The molecule has 2 aromatic rings. The van der Waals surface area contributed by atoms with Crippen LogP contribution in [0.4, 0.5) is 4.39 Å². The fraction of sp³-hybridized carbons (Fsp3) is 0.412. The molecule has 5 nitrogen and oxygen atoms in total. The summed E-state index contributed by atoms with van der Waals surface area (Å²) in [6, 6.07) is 6.32. The molecule has 0 unspecified atom stereocenters. The molecule has 0 aliphatic heterocycles. The number of nitrogens with one attached hydrogen (secondary N) is 2. The average molecular weight is 317 g/mol. The van der Waals surface area contributed by atoms with E-state index in [0.717, 1.165) is 24.8 Å². The van der Waals surface area contributed by atoms with Crippen molar-refractivity contribution in [3.63, 3.8) is 0 Å². The van der Waals surface area contributed by atoms with Gasteiger partial charge in [-0.2, -0.15) is 5.10 Å². The molecular weight excluding hydrogens is 297 g/mol. The molecule has 0 radical (unpaired) electrons. The molecule has 1 aliphatic carbocycles. The lowest BCUT2D eigenvalue weighted by Crippen LogP contribution is -2.44. The Kier molecular flexibility index (Phi) is 4.43. The number of aromatic amines is 1. The van der Waals surface area contributed by atoms with Crippen LogP contribution < -0.4 is 5.32 Å². The van der Waals surface area contributed by atoms with Gasteiger partial charge in [0.1, 0.15) is 5.82 Å². The van der Waals surface area contributed by atoms with Gasteiger partial charge in [-0.15, -0.1) is 0 Å². The van der Waals surface area contributed by atoms with Crippen molar-refractivity contribution in [3.05, 3.63) is 53.6 Å². The standard InChI is InChI=1S/C17H20FN3O2/c18-14-5-3-12(4-6-14)8-17(7-1-2-15(17)22)11-19-16(23)13-9-20-21-10-13/h3-6,9-10,15,22H,1-2,7-8,11H2,(H,19,23)(H,20,21)/t15-,17-/m1/s1. The van der Waals surface area contributed by atoms with Crippen molar-refractivity contribution in [3.8, 4) is 0 Å². The summed E-state index contributed by atoms with van der Waals surface area (Å²) in [5.41, 5.74) is 1.02. The predicted octanol–water partition coefficient (Wildman–Crippen LogP) is 2.05. The molecule has 0 saturated heterocycles. The smallest absolute Gasteiger partial charge is 0.254 e. The van der Waals surface area contributed by atoms with E-state index >= 15 is 0 Å². The summed E-state index contributed by atoms with van der Waals surface area (Å²) in [7, 11) is 0. The Bertz CT molecular complexity index is 657. The third-order valence-corrected chi connectivity index (χ3v) is 4.69. The van der Waals surface area contributed by atoms with E-state index in [2.05, 4.69) is 15.5 Å². The third-order valence-electron chi connectivity index (χ3n) is 4.69. The highest BCUT2D eigenvalue weighted by atomic mass is 19.1. The van der Waals surface area contributed by atoms with Gasteiger partial charge in [0.2, 0.25) is 0 Å². The third kappa shape index (κ3) is 3.42. The van der Waals surface area contributed by atoms with E-state index in [9.17, 15) is 14.3 Å². The van der Waals surface area contributed by atoms with Crippen molar-refractivity contribution in [1.29, 1.82) is 0 Å². The van der Waals surface area contributed by atoms with Crippen LogP contribution in [0.5, 0.6) is 0 Å².